The highest BCUT2D eigenvalue weighted by Crippen LogP contribution is 2.27. The number of aromatic nitrogens is 2. The summed E-state index contributed by atoms with van der Waals surface area (Å²) in [4.78, 5) is 4.76. The largest absolute Gasteiger partial charge is 0.296 e. The van der Waals surface area contributed by atoms with E-state index in [1.807, 2.05) is 0 Å². The van der Waals surface area contributed by atoms with E-state index in [2.05, 4.69) is 69.9 Å². The van der Waals surface area contributed by atoms with E-state index in [1.165, 1.54) is 11.3 Å². The van der Waals surface area contributed by atoms with Crippen LogP contribution in [0.25, 0.3) is 16.7 Å². The molecule has 0 atom stereocenters. The molecule has 0 aliphatic carbocycles. The Morgan fingerprint density at radius 1 is 1.19 bits per heavy atom. The lowest BCUT2D eigenvalue weighted by molar-refractivity contribution is 0.899. The topological polar surface area (TPSA) is 17.8 Å². The number of halogens is 2. The summed E-state index contributed by atoms with van der Waals surface area (Å²) in [6.07, 6.45) is 1.75. The fourth-order valence-electron chi connectivity index (χ4n) is 2.65. The smallest absolute Gasteiger partial charge is 0.115 e. The lowest BCUT2D eigenvalue weighted by Crippen LogP contribution is -2.05. The first-order chi connectivity index (χ1) is 10.2. The van der Waals surface area contributed by atoms with Gasteiger partial charge in [0.25, 0.3) is 0 Å². The van der Waals surface area contributed by atoms with Gasteiger partial charge in [0.05, 0.1) is 16.7 Å². The Balaban J connectivity index is 2.31. The minimum Gasteiger partial charge on any atom is -0.296 e. The fraction of sp³-hybridized carbons (Fsp3) is 0.235. The summed E-state index contributed by atoms with van der Waals surface area (Å²) in [6, 6.07) is 14.7. The maximum atomic E-state index is 5.97. The minimum absolute atomic E-state index is 0.568. The normalized spacial score (nSPS) is 11.2. The monoisotopic (exact) mass is 362 g/mol. The summed E-state index contributed by atoms with van der Waals surface area (Å²) < 4.78 is 3.28. The number of para-hydroxylation sites is 1. The van der Waals surface area contributed by atoms with Gasteiger partial charge in [-0.2, -0.15) is 0 Å². The van der Waals surface area contributed by atoms with Crippen molar-refractivity contribution >= 4 is 38.6 Å². The Morgan fingerprint density at radius 3 is 2.76 bits per heavy atom. The van der Waals surface area contributed by atoms with Crippen molar-refractivity contribution in [2.24, 2.45) is 0 Å². The van der Waals surface area contributed by atoms with Gasteiger partial charge in [0.15, 0.2) is 0 Å². The van der Waals surface area contributed by atoms with Gasteiger partial charge in [-0.3, -0.25) is 4.57 Å². The molecular formula is C17H16BrClN2. The average molecular weight is 364 g/mol. The number of imidazole rings is 1. The molecule has 0 fully saturated rings. The van der Waals surface area contributed by atoms with Crippen molar-refractivity contribution in [1.82, 2.24) is 9.55 Å². The number of aryl methyl sites for hydroxylation is 2. The number of hydrogen-bond acceptors (Lipinski definition) is 1. The molecule has 0 aliphatic heterocycles. The number of hydrogen-bond donors (Lipinski definition) is 0. The molecule has 0 bridgehead atoms. The van der Waals surface area contributed by atoms with E-state index in [9.17, 15) is 0 Å². The Kier molecular flexibility index (Phi) is 4.32. The highest BCUT2D eigenvalue weighted by molar-refractivity contribution is 9.10. The number of nitrogens with zero attached hydrogens (tertiary/aromatic N) is 2. The molecule has 0 amide bonds. The van der Waals surface area contributed by atoms with Crippen LogP contribution in [0.3, 0.4) is 0 Å². The van der Waals surface area contributed by atoms with Crippen LogP contribution in [0.5, 0.6) is 0 Å². The van der Waals surface area contributed by atoms with Crippen molar-refractivity contribution in [3.63, 3.8) is 0 Å². The summed E-state index contributed by atoms with van der Waals surface area (Å²) in [6.45, 7) is 2.18. The van der Waals surface area contributed by atoms with E-state index in [0.717, 1.165) is 34.2 Å². The molecule has 1 aromatic heterocycles. The molecule has 3 aromatic rings. The third-order valence-corrected chi connectivity index (χ3v) is 4.30. The molecule has 0 saturated carbocycles. The number of rotatable bonds is 4. The molecule has 0 N–H and O–H groups in total. The maximum Gasteiger partial charge on any atom is 0.115 e. The van der Waals surface area contributed by atoms with Gasteiger partial charge in [-0.25, -0.2) is 4.98 Å². The zero-order chi connectivity index (χ0) is 14.8. The van der Waals surface area contributed by atoms with Gasteiger partial charge in [0.2, 0.25) is 0 Å². The highest BCUT2D eigenvalue weighted by atomic mass is 79.9. The molecule has 0 saturated heterocycles. The molecular weight excluding hydrogens is 348 g/mol. The van der Waals surface area contributed by atoms with Gasteiger partial charge in [0, 0.05) is 16.8 Å². The van der Waals surface area contributed by atoms with Gasteiger partial charge in [-0.15, -0.1) is 11.6 Å². The summed E-state index contributed by atoms with van der Waals surface area (Å²) in [5.41, 5.74) is 4.63. The van der Waals surface area contributed by atoms with Crippen molar-refractivity contribution in [3.8, 4) is 5.69 Å². The molecule has 0 unspecified atom stereocenters. The van der Waals surface area contributed by atoms with Gasteiger partial charge in [-0.05, 0) is 36.2 Å². The van der Waals surface area contributed by atoms with E-state index in [1.54, 1.807) is 0 Å². The van der Waals surface area contributed by atoms with Gasteiger partial charge in [-0.1, -0.05) is 41.1 Å². The van der Waals surface area contributed by atoms with Crippen LogP contribution in [0.1, 0.15) is 18.3 Å². The number of alkyl halides is 1. The molecule has 3 rings (SSSR count). The Bertz CT molecular complexity index is 780. The van der Waals surface area contributed by atoms with E-state index in [-0.39, 0.29) is 0 Å². The third kappa shape index (κ3) is 2.72. The lowest BCUT2D eigenvalue weighted by atomic mass is 10.1. The van der Waals surface area contributed by atoms with Gasteiger partial charge < -0.3 is 0 Å². The highest BCUT2D eigenvalue weighted by Gasteiger charge is 2.14. The quantitative estimate of drug-likeness (QED) is 0.587. The predicted octanol–water partition coefficient (Wildman–Crippen LogP) is 5.13. The zero-order valence-electron chi connectivity index (χ0n) is 11.8. The van der Waals surface area contributed by atoms with Crippen LogP contribution in [0.2, 0.25) is 0 Å². The zero-order valence-corrected chi connectivity index (χ0v) is 14.2. The first kappa shape index (κ1) is 14.6. The Morgan fingerprint density at radius 2 is 2.00 bits per heavy atom. The molecule has 2 aromatic carbocycles. The van der Waals surface area contributed by atoms with Crippen LogP contribution in [0.15, 0.2) is 46.9 Å². The number of fused-ring (bicyclic) bond motifs is 1. The lowest BCUT2D eigenvalue weighted by Gasteiger charge is -2.13. The summed E-state index contributed by atoms with van der Waals surface area (Å²) in [5, 5.41) is 0. The second-order valence-corrected chi connectivity index (χ2v) is 6.21. The van der Waals surface area contributed by atoms with E-state index in [0.29, 0.717) is 5.88 Å². The van der Waals surface area contributed by atoms with E-state index >= 15 is 0 Å². The molecule has 0 aliphatic rings. The van der Waals surface area contributed by atoms with Crippen LogP contribution in [-0.4, -0.2) is 15.4 Å². The van der Waals surface area contributed by atoms with Gasteiger partial charge in [0.1, 0.15) is 5.82 Å². The van der Waals surface area contributed by atoms with E-state index < -0.39 is 0 Å². The minimum atomic E-state index is 0.568. The Labute approximate surface area is 137 Å². The first-order valence-corrected chi connectivity index (χ1v) is 8.38. The molecule has 1 heterocycles. The predicted molar refractivity (Wildman–Crippen MR) is 92.6 cm³/mol. The van der Waals surface area contributed by atoms with Crippen molar-refractivity contribution < 1.29 is 0 Å². The second-order valence-electron chi connectivity index (χ2n) is 4.92. The van der Waals surface area contributed by atoms with E-state index in [4.69, 9.17) is 16.6 Å². The number of benzene rings is 2. The SMILES string of the molecule is CCc1ccccc1-n1c(CCCl)nc2cc(Br)ccc21. The van der Waals surface area contributed by atoms with Crippen LogP contribution in [0.4, 0.5) is 0 Å². The summed E-state index contributed by atoms with van der Waals surface area (Å²) in [5.74, 6) is 1.58. The van der Waals surface area contributed by atoms with Crippen LogP contribution >= 0.6 is 27.5 Å². The standard InChI is InChI=1S/C17H16BrClN2/c1-2-12-5-3-4-6-15(12)21-16-8-7-13(18)11-14(16)20-17(21)9-10-19/h3-8,11H,2,9-10H2,1H3. The fourth-order valence-corrected chi connectivity index (χ4v) is 3.17. The van der Waals surface area contributed by atoms with Crippen LogP contribution < -0.4 is 0 Å². The van der Waals surface area contributed by atoms with Crippen LogP contribution in [-0.2, 0) is 12.8 Å². The molecule has 0 spiro atoms. The molecule has 4 heteroatoms. The Hall–Kier alpha value is -1.32. The van der Waals surface area contributed by atoms with Crippen molar-refractivity contribution in [1.29, 1.82) is 0 Å². The van der Waals surface area contributed by atoms with Gasteiger partial charge >= 0.3 is 0 Å². The molecule has 2 nitrogen and oxygen atoms in total. The molecule has 0 radical (unpaired) electrons. The molecule has 21 heavy (non-hydrogen) atoms. The third-order valence-electron chi connectivity index (χ3n) is 3.62. The average Bonchev–Trinajstić information content (AvgIpc) is 2.84. The summed E-state index contributed by atoms with van der Waals surface area (Å²) in [7, 11) is 0. The van der Waals surface area contributed by atoms with Crippen molar-refractivity contribution in [3.05, 3.63) is 58.3 Å². The second kappa shape index (κ2) is 6.20. The maximum absolute atomic E-state index is 5.97. The first-order valence-electron chi connectivity index (χ1n) is 7.05. The van der Waals surface area contributed by atoms with Crippen molar-refractivity contribution in [2.75, 3.05) is 5.88 Å². The summed E-state index contributed by atoms with van der Waals surface area (Å²) >= 11 is 9.48. The van der Waals surface area contributed by atoms with Crippen molar-refractivity contribution in [2.45, 2.75) is 19.8 Å². The van der Waals surface area contributed by atoms with Crippen LogP contribution in [0, 0.1) is 0 Å². The molecule has 108 valence electrons.